The fourth-order valence-corrected chi connectivity index (χ4v) is 5.13. The molecular weight excluding hydrogens is 392 g/mol. The van der Waals surface area contributed by atoms with E-state index in [2.05, 4.69) is 21.6 Å². The summed E-state index contributed by atoms with van der Waals surface area (Å²) in [6.45, 7) is 2.66. The van der Waals surface area contributed by atoms with Gasteiger partial charge in [-0.15, -0.1) is 10.2 Å². The van der Waals surface area contributed by atoms with E-state index in [-0.39, 0.29) is 11.2 Å². The van der Waals surface area contributed by atoms with Gasteiger partial charge in [-0.05, 0) is 37.1 Å². The van der Waals surface area contributed by atoms with Crippen molar-refractivity contribution in [1.82, 2.24) is 10.2 Å². The summed E-state index contributed by atoms with van der Waals surface area (Å²) in [6, 6.07) is 15.7. The van der Waals surface area contributed by atoms with Gasteiger partial charge in [0, 0.05) is 12.2 Å². The third-order valence-electron chi connectivity index (χ3n) is 4.53. The van der Waals surface area contributed by atoms with Gasteiger partial charge in [0.1, 0.15) is 5.75 Å². The van der Waals surface area contributed by atoms with Gasteiger partial charge in [0.05, 0.1) is 18.0 Å². The summed E-state index contributed by atoms with van der Waals surface area (Å²) < 4.78 is 6.10. The number of amides is 1. The first kappa shape index (κ1) is 18.8. The number of nitrogens with zero attached hydrogens (tertiary/aromatic N) is 3. The zero-order chi connectivity index (χ0) is 19.5. The van der Waals surface area contributed by atoms with E-state index < -0.39 is 0 Å². The Balaban J connectivity index is 1.42. The normalized spacial score (nSPS) is 13.9. The smallest absolute Gasteiger partial charge is 0.240 e. The van der Waals surface area contributed by atoms with Crippen LogP contribution in [0.15, 0.2) is 52.9 Å². The van der Waals surface area contributed by atoms with Crippen LogP contribution in [0.2, 0.25) is 0 Å². The number of fused-ring (bicyclic) bond motifs is 1. The largest absolute Gasteiger partial charge is 0.495 e. The first-order valence-electron chi connectivity index (χ1n) is 8.95. The molecular formula is C20H20N4O2S2. The van der Waals surface area contributed by atoms with E-state index in [1.807, 2.05) is 54.3 Å². The fraction of sp³-hybridized carbons (Fsp3) is 0.250. The van der Waals surface area contributed by atoms with Gasteiger partial charge < -0.3 is 15.0 Å². The number of nitrogens with one attached hydrogen (secondary N) is 1. The summed E-state index contributed by atoms with van der Waals surface area (Å²) in [5.41, 5.74) is 3.08. The van der Waals surface area contributed by atoms with Crippen molar-refractivity contribution in [3.8, 4) is 5.75 Å². The Hall–Kier alpha value is -2.58. The van der Waals surface area contributed by atoms with Gasteiger partial charge in [-0.1, -0.05) is 53.4 Å². The molecule has 1 unspecified atom stereocenters. The molecule has 8 heteroatoms. The molecule has 2 heterocycles. The maximum atomic E-state index is 12.9. The van der Waals surface area contributed by atoms with Crippen LogP contribution in [-0.2, 0) is 11.2 Å². The van der Waals surface area contributed by atoms with Gasteiger partial charge in [0.2, 0.25) is 11.0 Å². The molecule has 3 aromatic rings. The Labute approximate surface area is 171 Å². The molecule has 0 bridgehead atoms. The molecule has 28 heavy (non-hydrogen) atoms. The van der Waals surface area contributed by atoms with Crippen molar-refractivity contribution in [3.05, 3.63) is 54.1 Å². The Bertz CT molecular complexity index is 992. The molecule has 1 aliphatic heterocycles. The summed E-state index contributed by atoms with van der Waals surface area (Å²) in [7, 11) is 1.63. The molecule has 0 aliphatic carbocycles. The van der Waals surface area contributed by atoms with Crippen molar-refractivity contribution >= 4 is 45.5 Å². The van der Waals surface area contributed by atoms with Gasteiger partial charge >= 0.3 is 0 Å². The van der Waals surface area contributed by atoms with Gasteiger partial charge in [-0.2, -0.15) is 0 Å². The van der Waals surface area contributed by atoms with Crippen LogP contribution in [0.1, 0.15) is 12.5 Å². The number of anilines is 3. The van der Waals surface area contributed by atoms with E-state index in [0.717, 1.165) is 34.4 Å². The molecule has 1 N–H and O–H groups in total. The standard InChI is InChI=1S/C20H20N4O2S2/c1-13(18(25)24-12-11-14-7-3-5-9-16(14)24)27-20-23-22-19(28-20)21-15-8-4-6-10-17(15)26-2/h3-10,13H,11-12H2,1-2H3,(H,21,22). The number of aromatic nitrogens is 2. The molecule has 2 aromatic carbocycles. The van der Waals surface area contributed by atoms with Crippen LogP contribution in [0.3, 0.4) is 0 Å². The number of benzene rings is 2. The number of hydrogen-bond donors (Lipinski definition) is 1. The van der Waals surface area contributed by atoms with Crippen LogP contribution in [0.4, 0.5) is 16.5 Å². The molecule has 1 aliphatic rings. The summed E-state index contributed by atoms with van der Waals surface area (Å²) in [5.74, 6) is 0.840. The number of ether oxygens (including phenoxy) is 1. The highest BCUT2D eigenvalue weighted by Crippen LogP contribution is 2.35. The number of methoxy groups -OCH3 is 1. The zero-order valence-electron chi connectivity index (χ0n) is 15.6. The first-order valence-corrected chi connectivity index (χ1v) is 10.6. The third-order valence-corrected chi connectivity index (χ3v) is 6.54. The molecule has 1 amide bonds. The molecule has 6 nitrogen and oxygen atoms in total. The number of rotatable bonds is 6. The average molecular weight is 413 g/mol. The number of para-hydroxylation sites is 3. The molecule has 144 valence electrons. The predicted octanol–water partition coefficient (Wildman–Crippen LogP) is 4.36. The SMILES string of the molecule is COc1ccccc1Nc1nnc(SC(C)C(=O)N2CCc3ccccc32)s1. The quantitative estimate of drug-likeness (QED) is 0.607. The Morgan fingerprint density at radius 1 is 1.21 bits per heavy atom. The number of carbonyl (C=O) groups is 1. The van der Waals surface area contributed by atoms with E-state index in [4.69, 9.17) is 4.74 Å². The van der Waals surface area contributed by atoms with Crippen molar-refractivity contribution in [2.75, 3.05) is 23.9 Å². The second-order valence-corrected chi connectivity index (χ2v) is 8.89. The summed E-state index contributed by atoms with van der Waals surface area (Å²) >= 11 is 2.86. The van der Waals surface area contributed by atoms with Crippen molar-refractivity contribution in [2.45, 2.75) is 22.9 Å². The van der Waals surface area contributed by atoms with Crippen molar-refractivity contribution in [1.29, 1.82) is 0 Å². The molecule has 0 radical (unpaired) electrons. The van der Waals surface area contributed by atoms with Crippen LogP contribution < -0.4 is 15.0 Å². The lowest BCUT2D eigenvalue weighted by atomic mass is 10.2. The molecule has 0 saturated carbocycles. The molecule has 0 fully saturated rings. The van der Waals surface area contributed by atoms with Gasteiger partial charge in [0.25, 0.3) is 0 Å². The highest BCUT2D eigenvalue weighted by Gasteiger charge is 2.28. The maximum absolute atomic E-state index is 12.9. The number of hydrogen-bond acceptors (Lipinski definition) is 7. The van der Waals surface area contributed by atoms with Crippen molar-refractivity contribution in [2.24, 2.45) is 0 Å². The number of carbonyl (C=O) groups excluding carboxylic acids is 1. The van der Waals surface area contributed by atoms with Crippen molar-refractivity contribution in [3.63, 3.8) is 0 Å². The zero-order valence-corrected chi connectivity index (χ0v) is 17.2. The van der Waals surface area contributed by atoms with Gasteiger partial charge in [-0.3, -0.25) is 4.79 Å². The van der Waals surface area contributed by atoms with Crippen LogP contribution >= 0.6 is 23.1 Å². The monoisotopic (exact) mass is 412 g/mol. The lowest BCUT2D eigenvalue weighted by Crippen LogP contribution is -2.35. The lowest BCUT2D eigenvalue weighted by Gasteiger charge is -2.20. The third kappa shape index (κ3) is 3.83. The van der Waals surface area contributed by atoms with E-state index in [1.54, 1.807) is 7.11 Å². The van der Waals surface area contributed by atoms with E-state index in [1.165, 1.54) is 28.7 Å². The first-order chi connectivity index (χ1) is 13.7. The maximum Gasteiger partial charge on any atom is 0.240 e. The molecule has 1 aromatic heterocycles. The Morgan fingerprint density at radius 2 is 2.00 bits per heavy atom. The fourth-order valence-electron chi connectivity index (χ4n) is 3.16. The molecule has 4 rings (SSSR count). The van der Waals surface area contributed by atoms with Crippen molar-refractivity contribution < 1.29 is 9.53 Å². The van der Waals surface area contributed by atoms with Crippen LogP contribution in [0, 0.1) is 0 Å². The molecule has 1 atom stereocenters. The number of thioether (sulfide) groups is 1. The van der Waals surface area contributed by atoms with Crippen LogP contribution in [0.25, 0.3) is 0 Å². The predicted molar refractivity (Wildman–Crippen MR) is 114 cm³/mol. The summed E-state index contributed by atoms with van der Waals surface area (Å²) in [6.07, 6.45) is 0.908. The lowest BCUT2D eigenvalue weighted by molar-refractivity contribution is -0.117. The minimum absolute atomic E-state index is 0.101. The highest BCUT2D eigenvalue weighted by atomic mass is 32.2. The second-order valence-electron chi connectivity index (χ2n) is 6.33. The van der Waals surface area contributed by atoms with E-state index in [0.29, 0.717) is 5.13 Å². The Kier molecular flexibility index (Phi) is 5.50. The van der Waals surface area contributed by atoms with Crippen LogP contribution in [0.5, 0.6) is 5.75 Å². The molecule has 0 saturated heterocycles. The summed E-state index contributed by atoms with van der Waals surface area (Å²) in [5, 5.41) is 12.1. The average Bonchev–Trinajstić information content (AvgIpc) is 3.34. The minimum atomic E-state index is -0.238. The van der Waals surface area contributed by atoms with Gasteiger partial charge in [0.15, 0.2) is 4.34 Å². The summed E-state index contributed by atoms with van der Waals surface area (Å²) in [4.78, 5) is 14.8. The topological polar surface area (TPSA) is 67.3 Å². The van der Waals surface area contributed by atoms with Crippen LogP contribution in [-0.4, -0.2) is 35.0 Å². The highest BCUT2D eigenvalue weighted by molar-refractivity contribution is 8.02. The minimum Gasteiger partial charge on any atom is -0.495 e. The molecule has 0 spiro atoms. The van der Waals surface area contributed by atoms with E-state index >= 15 is 0 Å². The second kappa shape index (κ2) is 8.20. The van der Waals surface area contributed by atoms with E-state index in [9.17, 15) is 4.79 Å². The Morgan fingerprint density at radius 3 is 2.86 bits per heavy atom. The van der Waals surface area contributed by atoms with Gasteiger partial charge in [-0.25, -0.2) is 0 Å².